The molecule has 0 aliphatic rings. The van der Waals surface area contributed by atoms with Crippen LogP contribution in [-0.2, 0) is 14.3 Å². The molecular weight excluding hydrogens is 413 g/mol. The molecule has 0 aromatic heterocycles. The van der Waals surface area contributed by atoms with Gasteiger partial charge in [0, 0.05) is 12.7 Å². The molecule has 0 atom stereocenters. The molecular formula is C19H20ClF3N2O4. The summed E-state index contributed by atoms with van der Waals surface area (Å²) in [6.07, 6.45) is -1.97. The highest BCUT2D eigenvalue weighted by molar-refractivity contribution is 6.33. The van der Waals surface area contributed by atoms with E-state index in [9.17, 15) is 27.6 Å². The van der Waals surface area contributed by atoms with Crippen molar-refractivity contribution in [2.75, 3.05) is 11.9 Å². The molecule has 0 aliphatic carbocycles. The highest BCUT2D eigenvalue weighted by atomic mass is 35.5. The molecule has 0 saturated heterocycles. The zero-order valence-corrected chi connectivity index (χ0v) is 16.9. The minimum Gasteiger partial charge on any atom is -0.448 e. The number of Topliss-reactive ketones (excluding diaryl/α,β-unsaturated/α-hetero) is 1. The minimum absolute atomic E-state index is 0.153. The average Bonchev–Trinajstić information content (AvgIpc) is 2.58. The van der Waals surface area contributed by atoms with Gasteiger partial charge in [0.2, 0.25) is 6.41 Å². The lowest BCUT2D eigenvalue weighted by Crippen LogP contribution is -2.35. The number of allylic oxidation sites excluding steroid dienone is 2. The van der Waals surface area contributed by atoms with Gasteiger partial charge in [0.25, 0.3) is 6.43 Å². The fourth-order valence-electron chi connectivity index (χ4n) is 2.05. The Morgan fingerprint density at radius 2 is 1.93 bits per heavy atom. The summed E-state index contributed by atoms with van der Waals surface area (Å²) in [7, 11) is 1.13. The largest absolute Gasteiger partial charge is 0.448 e. The van der Waals surface area contributed by atoms with Gasteiger partial charge in [-0.1, -0.05) is 18.2 Å². The number of carbonyl (C=O) groups excluding carboxylic acids is 3. The molecule has 10 heteroatoms. The third-order valence-corrected chi connectivity index (χ3v) is 4.30. The Morgan fingerprint density at radius 1 is 1.34 bits per heavy atom. The van der Waals surface area contributed by atoms with Crippen LogP contribution in [0.25, 0.3) is 0 Å². The molecule has 0 fully saturated rings. The molecule has 1 rings (SSSR count). The van der Waals surface area contributed by atoms with E-state index in [0.29, 0.717) is 0 Å². The molecule has 0 bridgehead atoms. The maximum absolute atomic E-state index is 14.4. The molecule has 0 radical (unpaired) electrons. The number of hydrogen-bond acceptors (Lipinski definition) is 5. The van der Waals surface area contributed by atoms with E-state index >= 15 is 0 Å². The molecule has 0 unspecified atom stereocenters. The molecule has 0 spiro atoms. The summed E-state index contributed by atoms with van der Waals surface area (Å²) in [5.74, 6) is -2.45. The topological polar surface area (TPSA) is 75.7 Å². The van der Waals surface area contributed by atoms with E-state index in [1.807, 2.05) is 0 Å². The second-order valence-electron chi connectivity index (χ2n) is 6.46. The van der Waals surface area contributed by atoms with Gasteiger partial charge in [0.1, 0.15) is 5.82 Å². The van der Waals surface area contributed by atoms with E-state index in [4.69, 9.17) is 16.3 Å². The number of nitrogens with one attached hydrogen (secondary N) is 1. The molecule has 1 N–H and O–H groups in total. The Kier molecular flexibility index (Phi) is 8.02. The van der Waals surface area contributed by atoms with E-state index in [1.54, 1.807) is 0 Å². The lowest BCUT2D eigenvalue weighted by Gasteiger charge is -2.25. The third kappa shape index (κ3) is 6.08. The van der Waals surface area contributed by atoms with Gasteiger partial charge in [-0.25, -0.2) is 18.0 Å². The van der Waals surface area contributed by atoms with E-state index in [-0.39, 0.29) is 22.7 Å². The first-order valence-electron chi connectivity index (χ1n) is 8.17. The van der Waals surface area contributed by atoms with Gasteiger partial charge in [-0.15, -0.1) is 0 Å². The van der Waals surface area contributed by atoms with Gasteiger partial charge < -0.3 is 15.0 Å². The van der Waals surface area contributed by atoms with E-state index in [2.05, 4.69) is 11.9 Å². The fourth-order valence-corrected chi connectivity index (χ4v) is 2.28. The number of esters is 1. The second kappa shape index (κ2) is 9.60. The quantitative estimate of drug-likeness (QED) is 0.364. The summed E-state index contributed by atoms with van der Waals surface area (Å²) < 4.78 is 46.5. The fraction of sp³-hybridized carbons (Fsp3) is 0.316. The van der Waals surface area contributed by atoms with Crippen LogP contribution in [0.2, 0.25) is 5.02 Å². The number of ketones is 1. The Balaban J connectivity index is 3.40. The van der Waals surface area contributed by atoms with Crippen molar-refractivity contribution in [2.24, 2.45) is 0 Å². The van der Waals surface area contributed by atoms with Gasteiger partial charge in [-0.2, -0.15) is 0 Å². The molecule has 0 heterocycles. The highest BCUT2D eigenvalue weighted by Crippen LogP contribution is 2.31. The van der Waals surface area contributed by atoms with Crippen LogP contribution >= 0.6 is 11.6 Å². The van der Waals surface area contributed by atoms with Crippen LogP contribution in [0.4, 0.5) is 18.9 Å². The summed E-state index contributed by atoms with van der Waals surface area (Å²) >= 11 is 5.91. The number of alkyl halides is 2. The van der Waals surface area contributed by atoms with Crippen molar-refractivity contribution in [1.82, 2.24) is 5.32 Å². The molecule has 29 heavy (non-hydrogen) atoms. The van der Waals surface area contributed by atoms with Gasteiger partial charge >= 0.3 is 5.97 Å². The van der Waals surface area contributed by atoms with Gasteiger partial charge in [0.05, 0.1) is 22.0 Å². The second-order valence-corrected chi connectivity index (χ2v) is 6.86. The van der Waals surface area contributed by atoms with Gasteiger partial charge in [-0.3, -0.25) is 9.59 Å². The standard InChI is InChI=1S/C19H20ClF3N2O4/c1-10(24-9-26)6-16(17(22)23)25(5)15-7-12(13(20)8-14(15)21)18(28)29-19(3,4)11(2)27/h6-9,17H,1H2,2-5H3,(H,24,26)/b16-6-. The van der Waals surface area contributed by atoms with Crippen molar-refractivity contribution in [3.8, 4) is 0 Å². The first kappa shape index (κ1) is 24.2. The van der Waals surface area contributed by atoms with Crippen molar-refractivity contribution >= 4 is 35.5 Å². The maximum Gasteiger partial charge on any atom is 0.340 e. The zero-order valence-electron chi connectivity index (χ0n) is 16.2. The summed E-state index contributed by atoms with van der Waals surface area (Å²) in [4.78, 5) is 35.2. The number of halogens is 4. The molecule has 158 valence electrons. The number of carbonyl (C=O) groups is 3. The van der Waals surface area contributed by atoms with Crippen molar-refractivity contribution in [1.29, 1.82) is 0 Å². The first-order valence-corrected chi connectivity index (χ1v) is 8.55. The minimum atomic E-state index is -3.06. The number of nitrogens with zero attached hydrogens (tertiary/aromatic N) is 1. The lowest BCUT2D eigenvalue weighted by molar-refractivity contribution is -0.132. The third-order valence-electron chi connectivity index (χ3n) is 3.99. The monoisotopic (exact) mass is 432 g/mol. The summed E-state index contributed by atoms with van der Waals surface area (Å²) in [5.41, 5.74) is -3.05. The molecule has 1 aromatic rings. The predicted octanol–water partition coefficient (Wildman–Crippen LogP) is 3.85. The Labute approximate surface area is 171 Å². The van der Waals surface area contributed by atoms with Crippen LogP contribution in [0.1, 0.15) is 31.1 Å². The molecule has 0 saturated carbocycles. The predicted molar refractivity (Wildman–Crippen MR) is 102 cm³/mol. The van der Waals surface area contributed by atoms with Crippen molar-refractivity contribution < 1.29 is 32.3 Å². The molecule has 1 amide bonds. The summed E-state index contributed by atoms with van der Waals surface area (Å²) in [6, 6.07) is 1.70. The number of benzene rings is 1. The molecule has 6 nitrogen and oxygen atoms in total. The SMILES string of the molecule is C=C(/C=C(/C(F)F)N(C)c1cc(C(=O)OC(C)(C)C(C)=O)c(Cl)cc1F)NC=O. The summed E-state index contributed by atoms with van der Waals surface area (Å²) in [6.45, 7) is 7.33. The Hall–Kier alpha value is -2.81. The summed E-state index contributed by atoms with van der Waals surface area (Å²) in [5, 5.41) is 1.77. The number of rotatable bonds is 9. The van der Waals surface area contributed by atoms with Crippen LogP contribution in [0.15, 0.2) is 36.2 Å². The van der Waals surface area contributed by atoms with Crippen LogP contribution in [0, 0.1) is 5.82 Å². The van der Waals surface area contributed by atoms with Crippen molar-refractivity contribution in [3.05, 3.63) is 52.6 Å². The number of anilines is 1. The maximum atomic E-state index is 14.4. The van der Waals surface area contributed by atoms with Crippen molar-refractivity contribution in [3.63, 3.8) is 0 Å². The van der Waals surface area contributed by atoms with Gasteiger partial charge in [-0.05, 0) is 39.0 Å². The number of amides is 1. The average molecular weight is 433 g/mol. The molecule has 1 aromatic carbocycles. The van der Waals surface area contributed by atoms with Crippen LogP contribution < -0.4 is 10.2 Å². The van der Waals surface area contributed by atoms with E-state index in [1.165, 1.54) is 20.8 Å². The van der Waals surface area contributed by atoms with E-state index < -0.39 is 41.0 Å². The van der Waals surface area contributed by atoms with Crippen LogP contribution in [0.5, 0.6) is 0 Å². The number of hydrogen-bond donors (Lipinski definition) is 1. The lowest BCUT2D eigenvalue weighted by atomic mass is 10.0. The first-order chi connectivity index (χ1) is 13.3. The number of ether oxygens (including phenoxy) is 1. The Morgan fingerprint density at radius 3 is 2.41 bits per heavy atom. The van der Waals surface area contributed by atoms with E-state index in [0.717, 1.165) is 30.2 Å². The van der Waals surface area contributed by atoms with Crippen LogP contribution in [-0.4, -0.2) is 37.2 Å². The normalized spacial score (nSPS) is 11.8. The smallest absolute Gasteiger partial charge is 0.340 e. The van der Waals surface area contributed by atoms with Crippen LogP contribution in [0.3, 0.4) is 0 Å². The highest BCUT2D eigenvalue weighted by Gasteiger charge is 2.31. The van der Waals surface area contributed by atoms with Gasteiger partial charge in [0.15, 0.2) is 11.4 Å². The van der Waals surface area contributed by atoms with Crippen molar-refractivity contribution in [2.45, 2.75) is 32.8 Å². The molecule has 0 aliphatic heterocycles. The zero-order chi connectivity index (χ0) is 22.5. The Bertz CT molecular complexity index is 869.